The van der Waals surface area contributed by atoms with Gasteiger partial charge in [-0.1, -0.05) is 0 Å². The molecule has 1 aromatic heterocycles. The fourth-order valence-electron chi connectivity index (χ4n) is 2.62. The number of hydrogen-bond donors (Lipinski definition) is 2. The summed E-state index contributed by atoms with van der Waals surface area (Å²) in [7, 11) is 0. The van der Waals surface area contributed by atoms with Crippen molar-refractivity contribution in [2.24, 2.45) is 5.92 Å². The van der Waals surface area contributed by atoms with E-state index in [4.69, 9.17) is 0 Å². The van der Waals surface area contributed by atoms with E-state index in [-0.39, 0.29) is 13.0 Å². The minimum Gasteiger partial charge on any atom is -0.333 e. The molecule has 3 rings (SSSR count). The van der Waals surface area contributed by atoms with E-state index < -0.39 is 30.5 Å². The van der Waals surface area contributed by atoms with Crippen LogP contribution < -0.4 is 5.32 Å². The Kier molecular flexibility index (Phi) is 4.43. The standard InChI is InChI=1S/C15H14F3N5O2/c16-15(17,18)7-23-6-10(5-12(23)24)14(25)21-11-3-1-9(2-4-11)13-19-8-20-22-13/h1-4,8,10H,5-7H2,(H,21,25)(H,19,20,22). The van der Waals surface area contributed by atoms with E-state index in [0.717, 1.165) is 5.56 Å². The first-order valence-corrected chi connectivity index (χ1v) is 7.43. The molecular weight excluding hydrogens is 339 g/mol. The first kappa shape index (κ1) is 16.9. The molecule has 2 N–H and O–H groups in total. The summed E-state index contributed by atoms with van der Waals surface area (Å²) in [4.78, 5) is 28.5. The molecular formula is C15H14F3N5O2. The van der Waals surface area contributed by atoms with E-state index in [0.29, 0.717) is 16.4 Å². The molecule has 1 aliphatic rings. The molecule has 2 aromatic rings. The smallest absolute Gasteiger partial charge is 0.333 e. The number of carbonyl (C=O) groups excluding carboxylic acids is 2. The monoisotopic (exact) mass is 353 g/mol. The van der Waals surface area contributed by atoms with E-state index in [9.17, 15) is 22.8 Å². The third kappa shape index (κ3) is 4.14. The van der Waals surface area contributed by atoms with Gasteiger partial charge in [-0.25, -0.2) is 4.98 Å². The lowest BCUT2D eigenvalue weighted by Gasteiger charge is -2.18. The number of rotatable bonds is 4. The first-order chi connectivity index (χ1) is 11.8. The normalized spacial score (nSPS) is 17.8. The van der Waals surface area contributed by atoms with Gasteiger partial charge in [-0.3, -0.25) is 14.7 Å². The maximum atomic E-state index is 12.4. The van der Waals surface area contributed by atoms with E-state index in [2.05, 4.69) is 20.5 Å². The minimum atomic E-state index is -4.47. The molecule has 1 aromatic carbocycles. The molecule has 1 aliphatic heterocycles. The summed E-state index contributed by atoms with van der Waals surface area (Å²) in [6.45, 7) is -1.57. The Morgan fingerprint density at radius 1 is 1.32 bits per heavy atom. The largest absolute Gasteiger partial charge is 0.406 e. The zero-order valence-electron chi connectivity index (χ0n) is 12.9. The molecule has 1 saturated heterocycles. The molecule has 2 amide bonds. The summed E-state index contributed by atoms with van der Waals surface area (Å²) in [6.07, 6.45) is -3.33. The predicted molar refractivity (Wildman–Crippen MR) is 81.2 cm³/mol. The lowest BCUT2D eigenvalue weighted by atomic mass is 10.1. The van der Waals surface area contributed by atoms with Crippen molar-refractivity contribution >= 4 is 17.5 Å². The molecule has 0 spiro atoms. The Bertz CT molecular complexity index is 758. The highest BCUT2D eigenvalue weighted by Crippen LogP contribution is 2.25. The Balaban J connectivity index is 1.60. The number of hydrogen-bond acceptors (Lipinski definition) is 4. The van der Waals surface area contributed by atoms with Crippen molar-refractivity contribution in [1.82, 2.24) is 20.1 Å². The van der Waals surface area contributed by atoms with Crippen LogP contribution in [0.1, 0.15) is 6.42 Å². The number of anilines is 1. The van der Waals surface area contributed by atoms with Gasteiger partial charge in [0, 0.05) is 24.2 Å². The van der Waals surface area contributed by atoms with Gasteiger partial charge in [0.05, 0.1) is 5.92 Å². The van der Waals surface area contributed by atoms with Gasteiger partial charge < -0.3 is 10.2 Å². The molecule has 1 atom stereocenters. The molecule has 25 heavy (non-hydrogen) atoms. The first-order valence-electron chi connectivity index (χ1n) is 7.43. The average Bonchev–Trinajstić information content (AvgIpc) is 3.17. The Labute approximate surface area is 140 Å². The van der Waals surface area contributed by atoms with Crippen LogP contribution in [0, 0.1) is 5.92 Å². The summed E-state index contributed by atoms with van der Waals surface area (Å²) in [5.41, 5.74) is 1.25. The Morgan fingerprint density at radius 3 is 2.64 bits per heavy atom. The summed E-state index contributed by atoms with van der Waals surface area (Å²) < 4.78 is 37.2. The number of halogens is 3. The molecule has 0 aliphatic carbocycles. The Hall–Kier alpha value is -2.91. The van der Waals surface area contributed by atoms with Crippen LogP contribution in [-0.4, -0.2) is 51.2 Å². The van der Waals surface area contributed by atoms with Crippen LogP contribution in [0.2, 0.25) is 0 Å². The van der Waals surface area contributed by atoms with Crippen LogP contribution in [-0.2, 0) is 9.59 Å². The maximum absolute atomic E-state index is 12.4. The van der Waals surface area contributed by atoms with Gasteiger partial charge in [0.25, 0.3) is 0 Å². The average molecular weight is 353 g/mol. The maximum Gasteiger partial charge on any atom is 0.406 e. The molecule has 7 nitrogen and oxygen atoms in total. The number of amides is 2. The van der Waals surface area contributed by atoms with Gasteiger partial charge in [-0.05, 0) is 24.3 Å². The zero-order valence-corrected chi connectivity index (χ0v) is 12.9. The van der Waals surface area contributed by atoms with Crippen molar-refractivity contribution in [3.63, 3.8) is 0 Å². The number of alkyl halides is 3. The number of aromatic amines is 1. The summed E-state index contributed by atoms with van der Waals surface area (Å²) >= 11 is 0. The highest BCUT2D eigenvalue weighted by atomic mass is 19.4. The van der Waals surface area contributed by atoms with Gasteiger partial charge in [0.15, 0.2) is 5.82 Å². The number of nitrogens with zero attached hydrogens (tertiary/aromatic N) is 3. The fourth-order valence-corrected chi connectivity index (χ4v) is 2.62. The molecule has 132 valence electrons. The summed E-state index contributed by atoms with van der Waals surface area (Å²) in [6, 6.07) is 6.71. The second kappa shape index (κ2) is 6.54. The SMILES string of the molecule is O=C(Nc1ccc(-c2ncn[nH]2)cc1)C1CC(=O)N(CC(F)(F)F)C1. The van der Waals surface area contributed by atoms with Crippen LogP contribution >= 0.6 is 0 Å². The molecule has 0 bridgehead atoms. The predicted octanol–water partition coefficient (Wildman–Crippen LogP) is 1.82. The van der Waals surface area contributed by atoms with Gasteiger partial charge >= 0.3 is 6.18 Å². The summed E-state index contributed by atoms with van der Waals surface area (Å²) in [5, 5.41) is 9.06. The number of aromatic nitrogens is 3. The zero-order chi connectivity index (χ0) is 18.0. The second-order valence-electron chi connectivity index (χ2n) is 5.69. The highest BCUT2D eigenvalue weighted by molar-refractivity contribution is 5.97. The quantitative estimate of drug-likeness (QED) is 0.877. The minimum absolute atomic E-state index is 0.224. The van der Waals surface area contributed by atoms with Gasteiger partial charge in [-0.2, -0.15) is 18.3 Å². The lowest BCUT2D eigenvalue weighted by Crippen LogP contribution is -2.36. The van der Waals surface area contributed by atoms with Gasteiger partial charge in [-0.15, -0.1) is 0 Å². The lowest BCUT2D eigenvalue weighted by molar-refractivity contribution is -0.157. The second-order valence-corrected chi connectivity index (χ2v) is 5.69. The molecule has 1 unspecified atom stereocenters. The van der Waals surface area contributed by atoms with Crippen LogP contribution in [0.5, 0.6) is 0 Å². The number of benzene rings is 1. The van der Waals surface area contributed by atoms with Crippen molar-refractivity contribution in [3.05, 3.63) is 30.6 Å². The van der Waals surface area contributed by atoms with Gasteiger partial charge in [0.2, 0.25) is 11.8 Å². The number of likely N-dealkylation sites (tertiary alicyclic amines) is 1. The van der Waals surface area contributed by atoms with Crippen molar-refractivity contribution < 1.29 is 22.8 Å². The van der Waals surface area contributed by atoms with E-state index in [1.54, 1.807) is 24.3 Å². The van der Waals surface area contributed by atoms with Crippen molar-refractivity contribution in [2.45, 2.75) is 12.6 Å². The third-order valence-electron chi connectivity index (χ3n) is 3.80. The van der Waals surface area contributed by atoms with Gasteiger partial charge in [0.1, 0.15) is 12.9 Å². The topological polar surface area (TPSA) is 91.0 Å². The molecule has 10 heteroatoms. The van der Waals surface area contributed by atoms with E-state index in [1.165, 1.54) is 6.33 Å². The molecule has 0 radical (unpaired) electrons. The number of H-pyrrole nitrogens is 1. The van der Waals surface area contributed by atoms with Crippen molar-refractivity contribution in [3.8, 4) is 11.4 Å². The number of nitrogens with one attached hydrogen (secondary N) is 2. The summed E-state index contributed by atoms with van der Waals surface area (Å²) in [5.74, 6) is -1.38. The number of carbonyl (C=O) groups is 2. The van der Waals surface area contributed by atoms with Crippen molar-refractivity contribution in [2.75, 3.05) is 18.4 Å². The Morgan fingerprint density at radius 2 is 2.04 bits per heavy atom. The van der Waals surface area contributed by atoms with Crippen LogP contribution in [0.25, 0.3) is 11.4 Å². The molecule has 0 saturated carbocycles. The highest BCUT2D eigenvalue weighted by Gasteiger charge is 2.40. The fraction of sp³-hybridized carbons (Fsp3) is 0.333. The molecule has 2 heterocycles. The van der Waals surface area contributed by atoms with E-state index >= 15 is 0 Å². The van der Waals surface area contributed by atoms with E-state index in [1.807, 2.05) is 0 Å². The van der Waals surface area contributed by atoms with Crippen LogP contribution in [0.3, 0.4) is 0 Å². The third-order valence-corrected chi connectivity index (χ3v) is 3.80. The van der Waals surface area contributed by atoms with Crippen LogP contribution in [0.4, 0.5) is 18.9 Å². The van der Waals surface area contributed by atoms with Crippen LogP contribution in [0.15, 0.2) is 30.6 Å². The molecule has 1 fully saturated rings. The van der Waals surface area contributed by atoms with Crippen molar-refractivity contribution in [1.29, 1.82) is 0 Å².